The van der Waals surface area contributed by atoms with Gasteiger partial charge in [-0.25, -0.2) is 0 Å². The number of nitrogens with one attached hydrogen (secondary N) is 1. The van der Waals surface area contributed by atoms with Crippen molar-refractivity contribution in [3.05, 3.63) is 58.4 Å². The second-order valence-corrected chi connectivity index (χ2v) is 4.63. The van der Waals surface area contributed by atoms with Gasteiger partial charge in [0.2, 0.25) is 0 Å². The van der Waals surface area contributed by atoms with Crippen LogP contribution in [0.5, 0.6) is 0 Å². The van der Waals surface area contributed by atoms with Crippen molar-refractivity contribution in [3.63, 3.8) is 0 Å². The Morgan fingerprint density at radius 3 is 2.44 bits per heavy atom. The molecular formula is C14H13ClN2O. The van der Waals surface area contributed by atoms with E-state index in [1.165, 1.54) is 6.20 Å². The lowest BCUT2D eigenvalue weighted by Gasteiger charge is -2.07. The van der Waals surface area contributed by atoms with Gasteiger partial charge in [-0.3, -0.25) is 9.78 Å². The molecule has 0 radical (unpaired) electrons. The van der Waals surface area contributed by atoms with Gasteiger partial charge in [0, 0.05) is 16.9 Å². The van der Waals surface area contributed by atoms with E-state index in [4.69, 9.17) is 11.6 Å². The molecule has 0 unspecified atom stereocenters. The second-order valence-electron chi connectivity index (χ2n) is 4.19. The highest BCUT2D eigenvalue weighted by atomic mass is 35.5. The maximum Gasteiger partial charge on any atom is 0.274 e. The van der Waals surface area contributed by atoms with Gasteiger partial charge in [0.05, 0.1) is 0 Å². The Bertz CT molecular complexity index is 576. The lowest BCUT2D eigenvalue weighted by molar-refractivity contribution is 0.102. The van der Waals surface area contributed by atoms with Crippen molar-refractivity contribution < 1.29 is 4.79 Å². The van der Waals surface area contributed by atoms with Crippen LogP contribution in [0.2, 0.25) is 5.02 Å². The Hall–Kier alpha value is -1.87. The molecule has 0 fully saturated rings. The number of benzene rings is 1. The molecule has 1 aromatic carbocycles. The molecule has 18 heavy (non-hydrogen) atoms. The van der Waals surface area contributed by atoms with Crippen LogP contribution in [0.3, 0.4) is 0 Å². The van der Waals surface area contributed by atoms with E-state index in [9.17, 15) is 4.79 Å². The van der Waals surface area contributed by atoms with Gasteiger partial charge in [-0.15, -0.1) is 0 Å². The molecule has 0 spiro atoms. The molecule has 0 aliphatic heterocycles. The molecule has 1 N–H and O–H groups in total. The minimum absolute atomic E-state index is 0.262. The summed E-state index contributed by atoms with van der Waals surface area (Å²) in [7, 11) is 0. The topological polar surface area (TPSA) is 42.0 Å². The van der Waals surface area contributed by atoms with E-state index >= 15 is 0 Å². The van der Waals surface area contributed by atoms with Gasteiger partial charge in [-0.2, -0.15) is 0 Å². The first-order valence-corrected chi connectivity index (χ1v) is 5.93. The zero-order valence-corrected chi connectivity index (χ0v) is 11.0. The van der Waals surface area contributed by atoms with Crippen LogP contribution >= 0.6 is 11.6 Å². The lowest BCUT2D eigenvalue weighted by Crippen LogP contribution is -2.13. The first-order chi connectivity index (χ1) is 8.54. The summed E-state index contributed by atoms with van der Waals surface area (Å²) in [6.45, 7) is 3.97. The average molecular weight is 261 g/mol. The fraction of sp³-hybridized carbons (Fsp3) is 0.143. The molecule has 2 rings (SSSR count). The van der Waals surface area contributed by atoms with Crippen LogP contribution in [-0.4, -0.2) is 10.9 Å². The summed E-state index contributed by atoms with van der Waals surface area (Å²) in [4.78, 5) is 15.9. The number of aryl methyl sites for hydroxylation is 2. The molecule has 0 atom stereocenters. The average Bonchev–Trinajstić information content (AvgIpc) is 2.27. The molecule has 4 heteroatoms. The summed E-state index contributed by atoms with van der Waals surface area (Å²) in [5.41, 5.74) is 3.27. The summed E-state index contributed by atoms with van der Waals surface area (Å²) in [6, 6.07) is 9.05. The fourth-order valence-corrected chi connectivity index (χ4v) is 1.93. The smallest absolute Gasteiger partial charge is 0.274 e. The van der Waals surface area contributed by atoms with Gasteiger partial charge in [0.15, 0.2) is 0 Å². The number of aromatic nitrogens is 1. The van der Waals surface area contributed by atoms with Crippen molar-refractivity contribution in [2.24, 2.45) is 0 Å². The third-order valence-corrected chi connectivity index (χ3v) is 2.67. The molecule has 1 aromatic heterocycles. The third-order valence-electron chi connectivity index (χ3n) is 2.43. The zero-order valence-electron chi connectivity index (χ0n) is 10.2. The number of hydrogen-bond acceptors (Lipinski definition) is 2. The molecular weight excluding hydrogens is 248 g/mol. The van der Waals surface area contributed by atoms with E-state index in [1.54, 1.807) is 12.1 Å². The predicted octanol–water partition coefficient (Wildman–Crippen LogP) is 3.60. The zero-order chi connectivity index (χ0) is 13.1. The molecule has 92 valence electrons. The van der Waals surface area contributed by atoms with Crippen LogP contribution < -0.4 is 5.32 Å². The Balaban J connectivity index is 2.21. The molecule has 0 aliphatic carbocycles. The van der Waals surface area contributed by atoms with Crippen molar-refractivity contribution in [2.45, 2.75) is 13.8 Å². The van der Waals surface area contributed by atoms with Crippen molar-refractivity contribution in [1.29, 1.82) is 0 Å². The molecule has 1 amide bonds. The Morgan fingerprint density at radius 2 is 1.83 bits per heavy atom. The van der Waals surface area contributed by atoms with Crippen LogP contribution in [0.15, 0.2) is 36.5 Å². The normalized spacial score (nSPS) is 10.2. The van der Waals surface area contributed by atoms with Crippen LogP contribution in [0.25, 0.3) is 0 Å². The van der Waals surface area contributed by atoms with Crippen LogP contribution in [0.1, 0.15) is 21.6 Å². The molecule has 0 aliphatic rings. The molecule has 2 aromatic rings. The van der Waals surface area contributed by atoms with E-state index < -0.39 is 0 Å². The largest absolute Gasteiger partial charge is 0.321 e. The Morgan fingerprint density at radius 1 is 1.17 bits per heavy atom. The van der Waals surface area contributed by atoms with Crippen LogP contribution in [0.4, 0.5) is 5.69 Å². The quantitative estimate of drug-likeness (QED) is 0.896. The number of anilines is 1. The number of hydrogen-bond donors (Lipinski definition) is 1. The maximum absolute atomic E-state index is 12.0. The number of halogens is 1. The summed E-state index contributed by atoms with van der Waals surface area (Å²) in [6.07, 6.45) is 1.51. The van der Waals surface area contributed by atoms with Gasteiger partial charge in [0.1, 0.15) is 5.69 Å². The number of carbonyl (C=O) groups excluding carboxylic acids is 1. The highest BCUT2D eigenvalue weighted by Crippen LogP contribution is 2.15. The van der Waals surface area contributed by atoms with Crippen molar-refractivity contribution in [3.8, 4) is 0 Å². The number of amides is 1. The van der Waals surface area contributed by atoms with Gasteiger partial charge in [-0.05, 0) is 49.2 Å². The van der Waals surface area contributed by atoms with Crippen molar-refractivity contribution >= 4 is 23.2 Å². The van der Waals surface area contributed by atoms with Gasteiger partial charge in [-0.1, -0.05) is 17.7 Å². The monoisotopic (exact) mass is 260 g/mol. The van der Waals surface area contributed by atoms with E-state index in [1.807, 2.05) is 32.0 Å². The molecule has 3 nitrogen and oxygen atoms in total. The highest BCUT2D eigenvalue weighted by molar-refractivity contribution is 6.30. The molecule has 1 heterocycles. The third kappa shape index (κ3) is 3.08. The van der Waals surface area contributed by atoms with Crippen LogP contribution in [0, 0.1) is 13.8 Å². The summed E-state index contributed by atoms with van der Waals surface area (Å²) >= 11 is 5.82. The van der Waals surface area contributed by atoms with Gasteiger partial charge < -0.3 is 5.32 Å². The van der Waals surface area contributed by atoms with E-state index in [-0.39, 0.29) is 5.91 Å². The standard InChI is InChI=1S/C14H13ClN2O/c1-9-5-10(2)7-12(6-9)17-14(18)13-8-11(15)3-4-16-13/h3-8H,1-2H3,(H,17,18). The predicted molar refractivity (Wildman–Crippen MR) is 73.1 cm³/mol. The molecule has 0 bridgehead atoms. The van der Waals surface area contributed by atoms with Gasteiger partial charge in [0.25, 0.3) is 5.91 Å². The van der Waals surface area contributed by atoms with Crippen molar-refractivity contribution in [1.82, 2.24) is 4.98 Å². The number of rotatable bonds is 2. The maximum atomic E-state index is 12.0. The van der Waals surface area contributed by atoms with E-state index in [0.29, 0.717) is 10.7 Å². The summed E-state index contributed by atoms with van der Waals surface area (Å²) < 4.78 is 0. The molecule has 0 saturated carbocycles. The Labute approximate surface area is 111 Å². The number of pyridine rings is 1. The number of nitrogens with zero attached hydrogens (tertiary/aromatic N) is 1. The van der Waals surface area contributed by atoms with Crippen LogP contribution in [-0.2, 0) is 0 Å². The SMILES string of the molecule is Cc1cc(C)cc(NC(=O)c2cc(Cl)ccn2)c1. The minimum Gasteiger partial charge on any atom is -0.321 e. The number of carbonyl (C=O) groups is 1. The minimum atomic E-state index is -0.262. The first kappa shape index (κ1) is 12.6. The summed E-state index contributed by atoms with van der Waals surface area (Å²) in [5.74, 6) is -0.262. The van der Waals surface area contributed by atoms with E-state index in [0.717, 1.165) is 16.8 Å². The fourth-order valence-electron chi connectivity index (χ4n) is 1.77. The summed E-state index contributed by atoms with van der Waals surface area (Å²) in [5, 5.41) is 3.30. The molecule has 0 saturated heterocycles. The van der Waals surface area contributed by atoms with E-state index in [2.05, 4.69) is 10.3 Å². The lowest BCUT2D eigenvalue weighted by atomic mass is 10.1. The van der Waals surface area contributed by atoms with Crippen molar-refractivity contribution in [2.75, 3.05) is 5.32 Å². The van der Waals surface area contributed by atoms with Gasteiger partial charge >= 0.3 is 0 Å². The second kappa shape index (κ2) is 5.19. The Kier molecular flexibility index (Phi) is 3.63. The highest BCUT2D eigenvalue weighted by Gasteiger charge is 2.08. The first-order valence-electron chi connectivity index (χ1n) is 5.56.